The van der Waals surface area contributed by atoms with Crippen molar-refractivity contribution in [1.29, 1.82) is 0 Å². The maximum absolute atomic E-state index is 12.4. The standard InChI is InChI=1S/C12H22N2O3S/c1-10-5-3-7-13(9-10)12(15)11-6-4-8-14(11)18(2,16)17/h10-11H,3-9H2,1-2H3. The van der Waals surface area contributed by atoms with Crippen molar-refractivity contribution in [2.75, 3.05) is 25.9 Å². The molecular weight excluding hydrogens is 252 g/mol. The fraction of sp³-hybridized carbons (Fsp3) is 0.917. The lowest BCUT2D eigenvalue weighted by atomic mass is 9.99. The first-order valence-corrected chi connectivity index (χ1v) is 8.50. The second kappa shape index (κ2) is 5.17. The summed E-state index contributed by atoms with van der Waals surface area (Å²) in [6.45, 7) is 4.17. The molecule has 2 aliphatic rings. The molecule has 2 saturated heterocycles. The zero-order valence-electron chi connectivity index (χ0n) is 11.1. The smallest absolute Gasteiger partial charge is 0.241 e. The number of carbonyl (C=O) groups excluding carboxylic acids is 1. The summed E-state index contributed by atoms with van der Waals surface area (Å²) < 4.78 is 24.7. The van der Waals surface area contributed by atoms with Crippen molar-refractivity contribution in [2.45, 2.75) is 38.6 Å². The van der Waals surface area contributed by atoms with Crippen LogP contribution in [0.2, 0.25) is 0 Å². The molecule has 0 aliphatic carbocycles. The molecule has 0 aromatic heterocycles. The van der Waals surface area contributed by atoms with E-state index in [9.17, 15) is 13.2 Å². The molecule has 18 heavy (non-hydrogen) atoms. The van der Waals surface area contributed by atoms with Crippen LogP contribution >= 0.6 is 0 Å². The predicted octanol–water partition coefficient (Wildman–Crippen LogP) is 0.669. The van der Waals surface area contributed by atoms with E-state index in [-0.39, 0.29) is 5.91 Å². The van der Waals surface area contributed by atoms with Crippen LogP contribution in [0.1, 0.15) is 32.6 Å². The Balaban J connectivity index is 2.08. The molecule has 2 atom stereocenters. The second-order valence-corrected chi connectivity index (χ2v) is 7.50. The average molecular weight is 274 g/mol. The van der Waals surface area contributed by atoms with Crippen LogP contribution in [0.3, 0.4) is 0 Å². The highest BCUT2D eigenvalue weighted by molar-refractivity contribution is 7.88. The Kier molecular flexibility index (Phi) is 3.96. The highest BCUT2D eigenvalue weighted by Gasteiger charge is 2.39. The monoisotopic (exact) mass is 274 g/mol. The molecule has 0 aromatic rings. The van der Waals surface area contributed by atoms with Crippen LogP contribution in [0.25, 0.3) is 0 Å². The number of likely N-dealkylation sites (tertiary alicyclic amines) is 1. The number of rotatable bonds is 2. The summed E-state index contributed by atoms with van der Waals surface area (Å²) in [6.07, 6.45) is 4.82. The van der Waals surface area contributed by atoms with Gasteiger partial charge in [0.15, 0.2) is 0 Å². The lowest BCUT2D eigenvalue weighted by Gasteiger charge is -2.34. The van der Waals surface area contributed by atoms with Crippen molar-refractivity contribution in [3.05, 3.63) is 0 Å². The Morgan fingerprint density at radius 1 is 1.17 bits per heavy atom. The third-order valence-corrected chi connectivity index (χ3v) is 5.17. The molecule has 0 radical (unpaired) electrons. The van der Waals surface area contributed by atoms with E-state index in [1.165, 1.54) is 10.6 Å². The van der Waals surface area contributed by atoms with E-state index in [1.807, 2.05) is 4.90 Å². The number of sulfonamides is 1. The van der Waals surface area contributed by atoms with Gasteiger partial charge in [-0.25, -0.2) is 8.42 Å². The van der Waals surface area contributed by atoms with E-state index < -0.39 is 16.1 Å². The summed E-state index contributed by atoms with van der Waals surface area (Å²) in [6, 6.07) is -0.453. The van der Waals surface area contributed by atoms with Gasteiger partial charge in [-0.2, -0.15) is 4.31 Å². The highest BCUT2D eigenvalue weighted by atomic mass is 32.2. The van der Waals surface area contributed by atoms with Crippen molar-refractivity contribution in [1.82, 2.24) is 9.21 Å². The number of hydrogen-bond donors (Lipinski definition) is 0. The van der Waals surface area contributed by atoms with Gasteiger partial charge in [0.25, 0.3) is 0 Å². The minimum atomic E-state index is -3.26. The summed E-state index contributed by atoms with van der Waals surface area (Å²) in [4.78, 5) is 14.3. The summed E-state index contributed by atoms with van der Waals surface area (Å²) in [5.41, 5.74) is 0. The molecule has 0 bridgehead atoms. The lowest BCUT2D eigenvalue weighted by molar-refractivity contribution is -0.136. The number of amides is 1. The Morgan fingerprint density at radius 2 is 1.83 bits per heavy atom. The molecule has 2 unspecified atom stereocenters. The van der Waals surface area contributed by atoms with Gasteiger partial charge in [-0.3, -0.25) is 4.79 Å². The van der Waals surface area contributed by atoms with E-state index in [0.717, 1.165) is 32.4 Å². The lowest BCUT2D eigenvalue weighted by Crippen LogP contribution is -2.50. The molecule has 104 valence electrons. The van der Waals surface area contributed by atoms with Crippen molar-refractivity contribution in [2.24, 2.45) is 5.92 Å². The number of hydrogen-bond acceptors (Lipinski definition) is 3. The molecule has 2 aliphatic heterocycles. The fourth-order valence-electron chi connectivity index (χ4n) is 2.98. The first-order chi connectivity index (χ1) is 8.39. The van der Waals surface area contributed by atoms with Gasteiger partial charge in [-0.1, -0.05) is 6.92 Å². The van der Waals surface area contributed by atoms with Gasteiger partial charge >= 0.3 is 0 Å². The molecule has 0 aromatic carbocycles. The molecule has 0 N–H and O–H groups in total. The van der Waals surface area contributed by atoms with Crippen LogP contribution in [-0.2, 0) is 14.8 Å². The normalized spacial score (nSPS) is 30.7. The molecule has 0 spiro atoms. The zero-order valence-corrected chi connectivity index (χ0v) is 11.9. The fourth-order valence-corrected chi connectivity index (χ4v) is 4.10. The minimum Gasteiger partial charge on any atom is -0.341 e. The van der Waals surface area contributed by atoms with Crippen LogP contribution in [0.4, 0.5) is 0 Å². The largest absolute Gasteiger partial charge is 0.341 e. The van der Waals surface area contributed by atoms with Crippen LogP contribution in [0.15, 0.2) is 0 Å². The van der Waals surface area contributed by atoms with Gasteiger partial charge in [0.05, 0.1) is 6.26 Å². The van der Waals surface area contributed by atoms with Crippen LogP contribution in [-0.4, -0.2) is 55.5 Å². The number of nitrogens with zero attached hydrogens (tertiary/aromatic N) is 2. The third kappa shape index (κ3) is 2.85. The SMILES string of the molecule is CC1CCCN(C(=O)C2CCCN2S(C)(=O)=O)C1. The van der Waals surface area contributed by atoms with E-state index in [2.05, 4.69) is 6.92 Å². The van der Waals surface area contributed by atoms with Gasteiger partial charge < -0.3 is 4.90 Å². The Morgan fingerprint density at radius 3 is 2.44 bits per heavy atom. The molecular formula is C12H22N2O3S. The third-order valence-electron chi connectivity index (χ3n) is 3.88. The average Bonchev–Trinajstić information content (AvgIpc) is 2.76. The van der Waals surface area contributed by atoms with Gasteiger partial charge in [0, 0.05) is 19.6 Å². The van der Waals surface area contributed by atoms with Crippen molar-refractivity contribution >= 4 is 15.9 Å². The number of piperidine rings is 1. The van der Waals surface area contributed by atoms with E-state index in [4.69, 9.17) is 0 Å². The van der Waals surface area contributed by atoms with Crippen molar-refractivity contribution in [3.8, 4) is 0 Å². The van der Waals surface area contributed by atoms with Crippen molar-refractivity contribution in [3.63, 3.8) is 0 Å². The summed E-state index contributed by atoms with van der Waals surface area (Å²) in [5.74, 6) is 0.528. The van der Waals surface area contributed by atoms with E-state index in [1.54, 1.807) is 0 Å². The Hall–Kier alpha value is -0.620. The Bertz CT molecular complexity index is 421. The molecule has 6 heteroatoms. The van der Waals surface area contributed by atoms with Crippen LogP contribution < -0.4 is 0 Å². The topological polar surface area (TPSA) is 57.7 Å². The second-order valence-electron chi connectivity index (χ2n) is 5.56. The first kappa shape index (κ1) is 13.8. The molecule has 2 rings (SSSR count). The zero-order chi connectivity index (χ0) is 13.3. The maximum Gasteiger partial charge on any atom is 0.241 e. The quantitative estimate of drug-likeness (QED) is 0.743. The molecule has 5 nitrogen and oxygen atoms in total. The number of carbonyl (C=O) groups is 1. The van der Waals surface area contributed by atoms with E-state index >= 15 is 0 Å². The van der Waals surface area contributed by atoms with Gasteiger partial charge in [0.1, 0.15) is 6.04 Å². The predicted molar refractivity (Wildman–Crippen MR) is 69.5 cm³/mol. The van der Waals surface area contributed by atoms with Gasteiger partial charge in [-0.15, -0.1) is 0 Å². The highest BCUT2D eigenvalue weighted by Crippen LogP contribution is 2.24. The molecule has 1 amide bonds. The minimum absolute atomic E-state index is 0.00414. The molecule has 0 saturated carbocycles. The summed E-state index contributed by atoms with van der Waals surface area (Å²) in [7, 11) is -3.26. The molecule has 2 heterocycles. The Labute approximate surface area is 109 Å². The van der Waals surface area contributed by atoms with Gasteiger partial charge in [0.2, 0.25) is 15.9 Å². The summed E-state index contributed by atoms with van der Waals surface area (Å²) in [5, 5.41) is 0. The maximum atomic E-state index is 12.4. The van der Waals surface area contributed by atoms with Gasteiger partial charge in [-0.05, 0) is 31.6 Å². The van der Waals surface area contributed by atoms with Crippen LogP contribution in [0, 0.1) is 5.92 Å². The first-order valence-electron chi connectivity index (χ1n) is 6.65. The van der Waals surface area contributed by atoms with E-state index in [0.29, 0.717) is 18.9 Å². The van der Waals surface area contributed by atoms with Crippen molar-refractivity contribution < 1.29 is 13.2 Å². The summed E-state index contributed by atoms with van der Waals surface area (Å²) >= 11 is 0. The van der Waals surface area contributed by atoms with Crippen LogP contribution in [0.5, 0.6) is 0 Å². The molecule has 2 fully saturated rings.